The van der Waals surface area contributed by atoms with Gasteiger partial charge in [0, 0.05) is 12.6 Å². The van der Waals surface area contributed by atoms with E-state index in [2.05, 4.69) is 5.32 Å². The lowest BCUT2D eigenvalue weighted by Crippen LogP contribution is -2.45. The summed E-state index contributed by atoms with van der Waals surface area (Å²) in [4.78, 5) is 45.5. The number of carbonyl (C=O) groups is 4. The van der Waals surface area contributed by atoms with Crippen molar-refractivity contribution in [3.8, 4) is 0 Å². The SMILES string of the molecule is CC(=O)Nc1ccc(CC(=O)O[C@@H](C(=O)NC(N)=O)C(C)C)cc1. The van der Waals surface area contributed by atoms with Crippen molar-refractivity contribution in [2.45, 2.75) is 33.3 Å². The highest BCUT2D eigenvalue weighted by Crippen LogP contribution is 2.13. The molecule has 8 nitrogen and oxygen atoms in total. The second kappa shape index (κ2) is 8.66. The number of amides is 4. The molecule has 1 aromatic rings. The quantitative estimate of drug-likeness (QED) is 0.667. The minimum absolute atomic E-state index is 0.0482. The zero-order chi connectivity index (χ0) is 18.3. The highest BCUT2D eigenvalue weighted by molar-refractivity contribution is 5.96. The summed E-state index contributed by atoms with van der Waals surface area (Å²) < 4.78 is 5.14. The summed E-state index contributed by atoms with van der Waals surface area (Å²) in [5.41, 5.74) is 6.16. The lowest BCUT2D eigenvalue weighted by Gasteiger charge is -2.19. The Bertz CT molecular complexity index is 625. The number of anilines is 1. The van der Waals surface area contributed by atoms with Gasteiger partial charge in [-0.2, -0.15) is 0 Å². The van der Waals surface area contributed by atoms with E-state index in [9.17, 15) is 19.2 Å². The molecule has 0 aromatic heterocycles. The van der Waals surface area contributed by atoms with Crippen LogP contribution in [0.2, 0.25) is 0 Å². The first kappa shape index (κ1) is 19.1. The highest BCUT2D eigenvalue weighted by atomic mass is 16.5. The molecule has 130 valence electrons. The molecule has 0 aliphatic rings. The molecule has 0 bridgehead atoms. The molecule has 0 unspecified atom stereocenters. The second-order valence-electron chi connectivity index (χ2n) is 5.56. The number of nitrogens with one attached hydrogen (secondary N) is 2. The summed E-state index contributed by atoms with van der Waals surface area (Å²) in [5.74, 6) is -1.88. The van der Waals surface area contributed by atoms with Gasteiger partial charge in [0.15, 0.2) is 6.10 Å². The fourth-order valence-corrected chi connectivity index (χ4v) is 1.94. The molecule has 0 fully saturated rings. The number of hydrogen-bond donors (Lipinski definition) is 3. The number of benzene rings is 1. The molecule has 8 heteroatoms. The molecule has 0 heterocycles. The number of imide groups is 1. The van der Waals surface area contributed by atoms with Crippen LogP contribution in [0.4, 0.5) is 10.5 Å². The minimum Gasteiger partial charge on any atom is -0.452 e. The van der Waals surface area contributed by atoms with Crippen molar-refractivity contribution in [3.05, 3.63) is 29.8 Å². The number of primary amides is 1. The first-order valence-corrected chi connectivity index (χ1v) is 7.35. The van der Waals surface area contributed by atoms with Crippen LogP contribution in [0.5, 0.6) is 0 Å². The van der Waals surface area contributed by atoms with Gasteiger partial charge in [0.25, 0.3) is 5.91 Å². The molecule has 0 aliphatic carbocycles. The Morgan fingerprint density at radius 3 is 2.17 bits per heavy atom. The third-order valence-electron chi connectivity index (χ3n) is 2.99. The van der Waals surface area contributed by atoms with Crippen LogP contribution in [-0.2, 0) is 25.5 Å². The number of rotatable bonds is 6. The number of hydrogen-bond acceptors (Lipinski definition) is 5. The van der Waals surface area contributed by atoms with Crippen molar-refractivity contribution in [3.63, 3.8) is 0 Å². The van der Waals surface area contributed by atoms with Crippen LogP contribution in [0.25, 0.3) is 0 Å². The first-order chi connectivity index (χ1) is 11.2. The maximum atomic E-state index is 12.0. The van der Waals surface area contributed by atoms with Gasteiger partial charge in [0.2, 0.25) is 5.91 Å². The standard InChI is InChI=1S/C16H21N3O5/c1-9(2)14(15(22)19-16(17)23)24-13(21)8-11-4-6-12(7-5-11)18-10(3)20/h4-7,9,14H,8H2,1-3H3,(H,18,20)(H3,17,19,22,23)/t14-/m1/s1. The third kappa shape index (κ3) is 6.47. The fourth-order valence-electron chi connectivity index (χ4n) is 1.94. The van der Waals surface area contributed by atoms with Crippen LogP contribution in [-0.4, -0.2) is 29.9 Å². The summed E-state index contributed by atoms with van der Waals surface area (Å²) >= 11 is 0. The Kier molecular flexibility index (Phi) is 6.91. The van der Waals surface area contributed by atoms with Crippen molar-refractivity contribution in [2.24, 2.45) is 11.7 Å². The van der Waals surface area contributed by atoms with Crippen molar-refractivity contribution in [1.82, 2.24) is 5.32 Å². The van der Waals surface area contributed by atoms with Gasteiger partial charge in [-0.15, -0.1) is 0 Å². The van der Waals surface area contributed by atoms with E-state index in [1.54, 1.807) is 38.1 Å². The maximum Gasteiger partial charge on any atom is 0.318 e. The molecule has 0 saturated heterocycles. The molecule has 1 rings (SSSR count). The van der Waals surface area contributed by atoms with Crippen molar-refractivity contribution >= 4 is 29.5 Å². The normalized spacial score (nSPS) is 11.5. The summed E-state index contributed by atoms with van der Waals surface area (Å²) in [6.45, 7) is 4.76. The van der Waals surface area contributed by atoms with Gasteiger partial charge in [-0.25, -0.2) is 4.79 Å². The predicted octanol–water partition coefficient (Wildman–Crippen LogP) is 0.950. The molecule has 0 radical (unpaired) electrons. The van der Waals surface area contributed by atoms with E-state index in [0.717, 1.165) is 0 Å². The number of esters is 1. The van der Waals surface area contributed by atoms with E-state index in [0.29, 0.717) is 11.3 Å². The average Bonchev–Trinajstić information content (AvgIpc) is 2.45. The molecular weight excluding hydrogens is 314 g/mol. The fraction of sp³-hybridized carbons (Fsp3) is 0.375. The number of nitrogens with two attached hydrogens (primary N) is 1. The van der Waals surface area contributed by atoms with Gasteiger partial charge in [0.1, 0.15) is 0 Å². The Labute approximate surface area is 139 Å². The van der Waals surface area contributed by atoms with Gasteiger partial charge in [0.05, 0.1) is 6.42 Å². The largest absolute Gasteiger partial charge is 0.452 e. The minimum atomic E-state index is -1.11. The molecule has 24 heavy (non-hydrogen) atoms. The monoisotopic (exact) mass is 335 g/mol. The maximum absolute atomic E-state index is 12.0. The van der Waals surface area contributed by atoms with E-state index >= 15 is 0 Å². The molecule has 4 N–H and O–H groups in total. The second-order valence-corrected chi connectivity index (χ2v) is 5.56. The van der Waals surface area contributed by atoms with Gasteiger partial charge < -0.3 is 15.8 Å². The Hall–Kier alpha value is -2.90. The van der Waals surface area contributed by atoms with Gasteiger partial charge in [-0.1, -0.05) is 26.0 Å². The lowest BCUT2D eigenvalue weighted by atomic mass is 10.1. The summed E-state index contributed by atoms with van der Waals surface area (Å²) in [5, 5.41) is 4.52. The Balaban J connectivity index is 2.67. The third-order valence-corrected chi connectivity index (χ3v) is 2.99. The van der Waals surface area contributed by atoms with E-state index in [1.165, 1.54) is 6.92 Å². The number of ether oxygens (including phenoxy) is 1. The van der Waals surface area contributed by atoms with Crippen LogP contribution in [0, 0.1) is 5.92 Å². The Morgan fingerprint density at radius 2 is 1.71 bits per heavy atom. The van der Waals surface area contributed by atoms with Crippen molar-refractivity contribution in [2.75, 3.05) is 5.32 Å². The molecule has 1 aromatic carbocycles. The highest BCUT2D eigenvalue weighted by Gasteiger charge is 2.27. The zero-order valence-corrected chi connectivity index (χ0v) is 13.8. The summed E-state index contributed by atoms with van der Waals surface area (Å²) in [6, 6.07) is 5.64. The number of urea groups is 1. The lowest BCUT2D eigenvalue weighted by molar-refractivity contribution is -0.157. The predicted molar refractivity (Wildman–Crippen MR) is 86.9 cm³/mol. The van der Waals surface area contributed by atoms with Gasteiger partial charge in [-0.05, 0) is 23.6 Å². The van der Waals surface area contributed by atoms with E-state index < -0.39 is 24.0 Å². The molecule has 4 amide bonds. The topological polar surface area (TPSA) is 128 Å². The summed E-state index contributed by atoms with van der Waals surface area (Å²) in [6.07, 6.45) is -1.16. The number of carbonyl (C=O) groups excluding carboxylic acids is 4. The smallest absolute Gasteiger partial charge is 0.318 e. The van der Waals surface area contributed by atoms with Gasteiger partial charge >= 0.3 is 12.0 Å². The van der Waals surface area contributed by atoms with Crippen LogP contribution in [0.1, 0.15) is 26.3 Å². The van der Waals surface area contributed by atoms with Crippen LogP contribution < -0.4 is 16.4 Å². The summed E-state index contributed by atoms with van der Waals surface area (Å²) in [7, 11) is 0. The van der Waals surface area contributed by atoms with E-state index in [-0.39, 0.29) is 18.2 Å². The zero-order valence-electron chi connectivity index (χ0n) is 13.8. The molecule has 0 aliphatic heterocycles. The Morgan fingerprint density at radius 1 is 1.12 bits per heavy atom. The van der Waals surface area contributed by atoms with E-state index in [4.69, 9.17) is 10.5 Å². The van der Waals surface area contributed by atoms with Crippen molar-refractivity contribution in [1.29, 1.82) is 0 Å². The van der Waals surface area contributed by atoms with Gasteiger partial charge in [-0.3, -0.25) is 19.7 Å². The van der Waals surface area contributed by atoms with Crippen LogP contribution >= 0.6 is 0 Å². The van der Waals surface area contributed by atoms with Crippen LogP contribution in [0.3, 0.4) is 0 Å². The van der Waals surface area contributed by atoms with E-state index in [1.807, 2.05) is 5.32 Å². The van der Waals surface area contributed by atoms with Crippen molar-refractivity contribution < 1.29 is 23.9 Å². The first-order valence-electron chi connectivity index (χ1n) is 7.35. The molecule has 0 saturated carbocycles. The molecule has 1 atom stereocenters. The molecule has 0 spiro atoms. The molecular formula is C16H21N3O5. The van der Waals surface area contributed by atoms with Crippen LogP contribution in [0.15, 0.2) is 24.3 Å². The average molecular weight is 335 g/mol.